The summed E-state index contributed by atoms with van der Waals surface area (Å²) in [5.41, 5.74) is 0.755. The van der Waals surface area contributed by atoms with Crippen molar-refractivity contribution < 1.29 is 47.7 Å². The maximum Gasteiger partial charge on any atom is 0.303 e. The first-order chi connectivity index (χ1) is 19.4. The minimum atomic E-state index is -1.45. The number of hydrogen-bond acceptors (Lipinski definition) is 12. The van der Waals surface area contributed by atoms with Gasteiger partial charge >= 0.3 is 23.9 Å². The van der Waals surface area contributed by atoms with Crippen molar-refractivity contribution in [3.05, 3.63) is 52.9 Å². The molecule has 13 heteroatoms. The molecule has 0 aromatic heterocycles. The van der Waals surface area contributed by atoms with Crippen LogP contribution >= 0.6 is 24.0 Å². The Morgan fingerprint density at radius 2 is 1.49 bits per heavy atom. The van der Waals surface area contributed by atoms with Crippen LogP contribution in [0.3, 0.4) is 0 Å². The number of ether oxygens (including phenoxy) is 5. The number of rotatable bonds is 7. The van der Waals surface area contributed by atoms with Gasteiger partial charge in [-0.1, -0.05) is 60.4 Å². The first-order valence-corrected chi connectivity index (χ1v) is 13.7. The summed E-state index contributed by atoms with van der Waals surface area (Å²) in [5, 5.41) is 2.02. The second-order valence-electron chi connectivity index (χ2n) is 9.25. The zero-order valence-electron chi connectivity index (χ0n) is 22.6. The molecule has 5 atom stereocenters. The summed E-state index contributed by atoms with van der Waals surface area (Å²) in [6.45, 7) is 4.12. The first kappa shape index (κ1) is 30.2. The standard InChI is InChI=1S/C28H27NO10S2/c1-14(30)35-13-21-23(36-15(2)31)24(37-16(3)32)25(38-17(4)33)27(39-21)29-26(34)22(41-28(29)40)12-18-9-10-19-7-5-6-8-20(19)11-18/h5-12,21,23-25,27H,13H2,1-4H3/b22-12+/t21-,23-,24-,25-,27+/m0/s1. The summed E-state index contributed by atoms with van der Waals surface area (Å²) in [5.74, 6) is -3.51. The maximum absolute atomic E-state index is 13.7. The number of benzene rings is 2. The van der Waals surface area contributed by atoms with Crippen LogP contribution in [0.15, 0.2) is 47.4 Å². The van der Waals surface area contributed by atoms with Crippen LogP contribution in [0, 0.1) is 0 Å². The molecule has 2 aliphatic heterocycles. The van der Waals surface area contributed by atoms with E-state index in [1.54, 1.807) is 6.08 Å². The second-order valence-corrected chi connectivity index (χ2v) is 10.9. The smallest absolute Gasteiger partial charge is 0.303 e. The molecule has 0 spiro atoms. The van der Waals surface area contributed by atoms with Gasteiger partial charge in [-0.15, -0.1) is 0 Å². The van der Waals surface area contributed by atoms with Crippen LogP contribution in [-0.4, -0.2) is 76.3 Å². The fourth-order valence-corrected chi connectivity index (χ4v) is 5.87. The Balaban J connectivity index is 1.73. The lowest BCUT2D eigenvalue weighted by Gasteiger charge is -2.46. The van der Waals surface area contributed by atoms with Crippen LogP contribution in [-0.2, 0) is 47.7 Å². The van der Waals surface area contributed by atoms with Crippen LogP contribution in [0.1, 0.15) is 33.3 Å². The normalized spacial score (nSPS) is 25.2. The highest BCUT2D eigenvalue weighted by Gasteiger charge is 2.56. The number of hydrogen-bond donors (Lipinski definition) is 0. The molecule has 2 fully saturated rings. The van der Waals surface area contributed by atoms with Gasteiger partial charge < -0.3 is 23.7 Å². The number of amides is 1. The van der Waals surface area contributed by atoms with E-state index in [4.69, 9.17) is 35.9 Å². The van der Waals surface area contributed by atoms with E-state index in [1.165, 1.54) is 6.92 Å². The van der Waals surface area contributed by atoms with Gasteiger partial charge in [-0.25, -0.2) is 0 Å². The predicted octanol–water partition coefficient (Wildman–Crippen LogP) is 3.12. The predicted molar refractivity (Wildman–Crippen MR) is 151 cm³/mol. The van der Waals surface area contributed by atoms with Crippen molar-refractivity contribution in [1.29, 1.82) is 0 Å². The average Bonchev–Trinajstić information content (AvgIpc) is 3.16. The molecule has 0 radical (unpaired) electrons. The molecule has 1 amide bonds. The van der Waals surface area contributed by atoms with Crippen molar-refractivity contribution in [2.45, 2.75) is 58.3 Å². The SMILES string of the molecule is CC(=O)OC[C@@H]1O[C@@H](N2C(=O)/C(=C\c3ccc4ccccc4c3)SC2=S)[C@@H](OC(C)=O)[C@@H](OC(C)=O)[C@H]1OC(C)=O. The molecular formula is C28H27NO10S2. The van der Waals surface area contributed by atoms with Gasteiger partial charge in [-0.3, -0.25) is 28.9 Å². The Hall–Kier alpha value is -3.81. The van der Waals surface area contributed by atoms with Crippen LogP contribution in [0.5, 0.6) is 0 Å². The van der Waals surface area contributed by atoms with E-state index >= 15 is 0 Å². The van der Waals surface area contributed by atoms with E-state index in [2.05, 4.69) is 0 Å². The van der Waals surface area contributed by atoms with Crippen molar-refractivity contribution in [3.8, 4) is 0 Å². The van der Waals surface area contributed by atoms with Crippen LogP contribution in [0.4, 0.5) is 0 Å². The number of carbonyl (C=O) groups excluding carboxylic acids is 5. The number of nitrogens with zero attached hydrogens (tertiary/aromatic N) is 1. The van der Waals surface area contributed by atoms with E-state index in [0.717, 1.165) is 53.8 Å². The van der Waals surface area contributed by atoms with E-state index in [9.17, 15) is 24.0 Å². The van der Waals surface area contributed by atoms with Crippen molar-refractivity contribution >= 4 is 74.9 Å². The molecule has 11 nitrogen and oxygen atoms in total. The topological polar surface area (TPSA) is 135 Å². The quantitative estimate of drug-likeness (QED) is 0.200. The van der Waals surface area contributed by atoms with Gasteiger partial charge in [0.1, 0.15) is 12.7 Å². The fourth-order valence-electron chi connectivity index (χ4n) is 4.56. The lowest BCUT2D eigenvalue weighted by molar-refractivity contribution is -0.268. The maximum atomic E-state index is 13.7. The van der Waals surface area contributed by atoms with E-state index in [1.807, 2.05) is 42.5 Å². The van der Waals surface area contributed by atoms with Gasteiger partial charge in [0.25, 0.3) is 5.91 Å². The highest BCUT2D eigenvalue weighted by molar-refractivity contribution is 8.26. The Labute approximate surface area is 245 Å². The molecule has 41 heavy (non-hydrogen) atoms. The minimum Gasteiger partial charge on any atom is -0.463 e. The van der Waals surface area contributed by atoms with E-state index < -0.39 is 67.0 Å². The molecule has 4 rings (SSSR count). The highest BCUT2D eigenvalue weighted by Crippen LogP contribution is 2.39. The molecule has 2 heterocycles. The largest absolute Gasteiger partial charge is 0.463 e. The summed E-state index contributed by atoms with van der Waals surface area (Å²) in [6, 6.07) is 13.5. The summed E-state index contributed by atoms with van der Waals surface area (Å²) in [4.78, 5) is 62.9. The molecule has 0 saturated carbocycles. The number of thiocarbonyl (C=S) groups is 1. The average molecular weight is 602 g/mol. The molecule has 0 N–H and O–H groups in total. The van der Waals surface area contributed by atoms with Gasteiger partial charge in [0.15, 0.2) is 28.9 Å². The van der Waals surface area contributed by atoms with Gasteiger partial charge in [0, 0.05) is 27.7 Å². The summed E-state index contributed by atoms with van der Waals surface area (Å²) in [7, 11) is 0. The van der Waals surface area contributed by atoms with E-state index in [-0.39, 0.29) is 9.23 Å². The Bertz CT molecular complexity index is 1440. The van der Waals surface area contributed by atoms with Gasteiger partial charge in [0.2, 0.25) is 0 Å². The molecule has 0 aliphatic carbocycles. The fraction of sp³-hybridized carbons (Fsp3) is 0.357. The molecule has 2 saturated heterocycles. The first-order valence-electron chi connectivity index (χ1n) is 12.5. The molecule has 0 unspecified atom stereocenters. The molecular weight excluding hydrogens is 574 g/mol. The number of carbonyl (C=O) groups is 5. The van der Waals surface area contributed by atoms with Gasteiger partial charge in [0.05, 0.1) is 4.91 Å². The van der Waals surface area contributed by atoms with Crippen molar-refractivity contribution in [1.82, 2.24) is 4.90 Å². The number of fused-ring (bicyclic) bond motifs is 1. The van der Waals surface area contributed by atoms with Gasteiger partial charge in [-0.2, -0.15) is 0 Å². The molecule has 2 aromatic rings. The van der Waals surface area contributed by atoms with Crippen LogP contribution in [0.2, 0.25) is 0 Å². The molecule has 2 aromatic carbocycles. The summed E-state index contributed by atoms with van der Waals surface area (Å²) >= 11 is 6.55. The number of esters is 4. The van der Waals surface area contributed by atoms with Crippen molar-refractivity contribution in [3.63, 3.8) is 0 Å². The molecule has 216 valence electrons. The zero-order valence-corrected chi connectivity index (χ0v) is 24.2. The monoisotopic (exact) mass is 601 g/mol. The van der Waals surface area contributed by atoms with Crippen molar-refractivity contribution in [2.75, 3.05) is 6.61 Å². The highest BCUT2D eigenvalue weighted by atomic mass is 32.2. The molecule has 0 bridgehead atoms. The Morgan fingerprint density at radius 1 is 0.878 bits per heavy atom. The van der Waals surface area contributed by atoms with Crippen LogP contribution in [0.25, 0.3) is 16.8 Å². The second kappa shape index (κ2) is 12.8. The third-order valence-electron chi connectivity index (χ3n) is 6.12. The van der Waals surface area contributed by atoms with Crippen molar-refractivity contribution in [2.24, 2.45) is 0 Å². The molecule has 2 aliphatic rings. The Morgan fingerprint density at radius 3 is 2.12 bits per heavy atom. The van der Waals surface area contributed by atoms with Crippen LogP contribution < -0.4 is 0 Å². The lowest BCUT2D eigenvalue weighted by Crippen LogP contribution is -2.66. The summed E-state index contributed by atoms with van der Waals surface area (Å²) < 4.78 is 27.6. The van der Waals surface area contributed by atoms with E-state index in [0.29, 0.717) is 0 Å². The number of thioether (sulfide) groups is 1. The van der Waals surface area contributed by atoms with Gasteiger partial charge in [-0.05, 0) is 28.5 Å². The zero-order chi connectivity index (χ0) is 29.8. The minimum absolute atomic E-state index is 0.0861. The Kier molecular flexibility index (Phi) is 9.41. The lowest BCUT2D eigenvalue weighted by atomic mass is 9.96. The third kappa shape index (κ3) is 7.10. The summed E-state index contributed by atoms with van der Waals surface area (Å²) in [6.07, 6.45) is -5.16. The third-order valence-corrected chi connectivity index (χ3v) is 7.45.